The van der Waals surface area contributed by atoms with Gasteiger partial charge in [-0.1, -0.05) is 5.01 Å². The molecule has 0 heterocycles. The van der Waals surface area contributed by atoms with Gasteiger partial charge in [-0.3, -0.25) is 10.2 Å². The summed E-state index contributed by atoms with van der Waals surface area (Å²) in [6, 6.07) is -0.814. The Kier molecular flexibility index (Phi) is 8.92. The number of nitrogens with two attached hydrogens (primary N) is 2. The lowest BCUT2D eigenvalue weighted by Crippen LogP contribution is -2.42. The summed E-state index contributed by atoms with van der Waals surface area (Å²) in [4.78, 5) is 21.3. The molecular weight excluding hydrogens is 254 g/mol. The van der Waals surface area contributed by atoms with Crippen LogP contribution < -0.4 is 11.5 Å². The number of carbonyl (C=O) groups is 1. The molecular formula is C7H16ClN5O4. The number of hydrogen-bond acceptors (Lipinski definition) is 6. The molecule has 0 amide bonds. The van der Waals surface area contributed by atoms with Crippen LogP contribution in [0, 0.1) is 15.5 Å². The van der Waals surface area contributed by atoms with Gasteiger partial charge in [-0.05, 0) is 12.8 Å². The molecule has 0 fully saturated rings. The monoisotopic (exact) mass is 269 g/mol. The molecule has 0 aliphatic heterocycles. The Balaban J connectivity index is 0. The van der Waals surface area contributed by atoms with Crippen LogP contribution >= 0.6 is 12.4 Å². The molecule has 0 bridgehead atoms. The van der Waals surface area contributed by atoms with Gasteiger partial charge in [-0.25, -0.2) is 10.1 Å². The standard InChI is InChI=1S/C7H15N5O4.ClH/c1-16-6(13)5(8)3-2-4-11(7(9)10)12(14)15;/h5H,2-4,8H2,1H3,(H3,9,10);1H. The Morgan fingerprint density at radius 1 is 1.65 bits per heavy atom. The Hall–Kier alpha value is -1.61. The number of carbonyl (C=O) groups excluding carboxylic acids is 1. The molecule has 0 aromatic rings. The predicted octanol–water partition coefficient (Wildman–Crippen LogP) is -0.924. The highest BCUT2D eigenvalue weighted by Crippen LogP contribution is 1.99. The lowest BCUT2D eigenvalue weighted by atomic mass is 10.2. The average Bonchev–Trinajstić information content (AvgIpc) is 2.21. The Bertz CT molecular complexity index is 273. The van der Waals surface area contributed by atoms with Crippen LogP contribution in [0.25, 0.3) is 0 Å². The molecule has 0 saturated carbocycles. The molecule has 1 unspecified atom stereocenters. The van der Waals surface area contributed by atoms with Crippen molar-refractivity contribution in [2.75, 3.05) is 13.7 Å². The number of nitro groups is 1. The molecule has 10 heteroatoms. The van der Waals surface area contributed by atoms with Gasteiger partial charge in [0.2, 0.25) is 0 Å². The summed E-state index contributed by atoms with van der Waals surface area (Å²) >= 11 is 0. The van der Waals surface area contributed by atoms with E-state index in [0.717, 1.165) is 0 Å². The number of nitrogens with one attached hydrogen (secondary N) is 1. The van der Waals surface area contributed by atoms with Gasteiger partial charge in [-0.15, -0.1) is 12.4 Å². The van der Waals surface area contributed by atoms with Crippen LogP contribution in [0.15, 0.2) is 0 Å². The highest BCUT2D eigenvalue weighted by Gasteiger charge is 2.19. The summed E-state index contributed by atoms with van der Waals surface area (Å²) in [5, 5.41) is 17.0. The molecule has 0 aromatic carbocycles. The first-order valence-electron chi connectivity index (χ1n) is 4.49. The van der Waals surface area contributed by atoms with Crippen molar-refractivity contribution in [3.8, 4) is 0 Å². The first kappa shape index (κ1) is 17.8. The Morgan fingerprint density at radius 3 is 2.53 bits per heavy atom. The molecule has 5 N–H and O–H groups in total. The molecule has 9 nitrogen and oxygen atoms in total. The van der Waals surface area contributed by atoms with Gasteiger partial charge in [0, 0.05) is 0 Å². The first-order valence-corrected chi connectivity index (χ1v) is 4.49. The molecule has 0 aliphatic rings. The molecule has 0 saturated heterocycles. The topological polar surface area (TPSA) is 149 Å². The van der Waals surface area contributed by atoms with Gasteiger partial charge in [0.05, 0.1) is 13.7 Å². The quantitative estimate of drug-likeness (QED) is 0.185. The number of nitrogens with zero attached hydrogens (tertiary/aromatic N) is 2. The van der Waals surface area contributed by atoms with E-state index in [2.05, 4.69) is 4.74 Å². The molecule has 0 aromatic heterocycles. The lowest BCUT2D eigenvalue weighted by Gasteiger charge is -2.13. The van der Waals surface area contributed by atoms with Gasteiger partial charge < -0.3 is 16.2 Å². The van der Waals surface area contributed by atoms with Crippen molar-refractivity contribution in [2.24, 2.45) is 11.5 Å². The van der Waals surface area contributed by atoms with Gasteiger partial charge in [-0.2, -0.15) is 0 Å². The van der Waals surface area contributed by atoms with E-state index in [1.165, 1.54) is 7.11 Å². The molecule has 0 spiro atoms. The first-order chi connectivity index (χ1) is 7.40. The second kappa shape index (κ2) is 8.53. The van der Waals surface area contributed by atoms with Crippen molar-refractivity contribution < 1.29 is 14.6 Å². The second-order valence-corrected chi connectivity index (χ2v) is 3.02. The highest BCUT2D eigenvalue weighted by atomic mass is 35.5. The largest absolute Gasteiger partial charge is 0.468 e. The van der Waals surface area contributed by atoms with E-state index in [1.807, 2.05) is 0 Å². The maximum atomic E-state index is 10.9. The van der Waals surface area contributed by atoms with Gasteiger partial charge in [0.15, 0.2) is 5.03 Å². The third-order valence-electron chi connectivity index (χ3n) is 1.86. The Morgan fingerprint density at radius 2 is 2.18 bits per heavy atom. The van der Waals surface area contributed by atoms with Crippen LogP contribution in [0.1, 0.15) is 12.8 Å². The van der Waals surface area contributed by atoms with Crippen molar-refractivity contribution in [3.63, 3.8) is 0 Å². The summed E-state index contributed by atoms with van der Waals surface area (Å²) < 4.78 is 4.39. The van der Waals surface area contributed by atoms with Crippen LogP contribution in [0.4, 0.5) is 0 Å². The van der Waals surface area contributed by atoms with Crippen LogP contribution in [0.2, 0.25) is 0 Å². The van der Waals surface area contributed by atoms with Gasteiger partial charge >= 0.3 is 5.97 Å². The van der Waals surface area contributed by atoms with Crippen LogP contribution in [-0.2, 0) is 9.53 Å². The van der Waals surface area contributed by atoms with Gasteiger partial charge in [0.1, 0.15) is 6.04 Å². The fourth-order valence-corrected chi connectivity index (χ4v) is 1.02. The second-order valence-electron chi connectivity index (χ2n) is 3.02. The molecule has 0 radical (unpaired) electrons. The number of hydrogen-bond donors (Lipinski definition) is 3. The fourth-order valence-electron chi connectivity index (χ4n) is 1.02. The van der Waals surface area contributed by atoms with E-state index >= 15 is 0 Å². The highest BCUT2D eigenvalue weighted by molar-refractivity contribution is 5.85. The summed E-state index contributed by atoms with van der Waals surface area (Å²) in [5.41, 5.74) is 10.4. The number of ether oxygens (including phenoxy) is 1. The van der Waals surface area contributed by atoms with Crippen LogP contribution in [0.3, 0.4) is 0 Å². The third-order valence-corrected chi connectivity index (χ3v) is 1.86. The molecule has 0 aliphatic carbocycles. The van der Waals surface area contributed by atoms with Gasteiger partial charge in [0.25, 0.3) is 5.96 Å². The molecule has 1 atom stereocenters. The number of halogens is 1. The smallest absolute Gasteiger partial charge is 0.322 e. The summed E-state index contributed by atoms with van der Waals surface area (Å²) in [5.74, 6) is -1.23. The van der Waals surface area contributed by atoms with E-state index in [1.54, 1.807) is 0 Å². The third kappa shape index (κ3) is 6.53. The normalized spacial score (nSPS) is 10.9. The summed E-state index contributed by atoms with van der Waals surface area (Å²) in [6.07, 6.45) is 0.487. The van der Waals surface area contributed by atoms with Crippen molar-refractivity contribution >= 4 is 24.3 Å². The minimum absolute atomic E-state index is 0. The number of hydrazine groups is 1. The Labute approximate surface area is 104 Å². The zero-order valence-corrected chi connectivity index (χ0v) is 10.1. The van der Waals surface area contributed by atoms with Crippen LogP contribution in [0.5, 0.6) is 0 Å². The lowest BCUT2D eigenvalue weighted by molar-refractivity contribution is -0.629. The predicted molar refractivity (Wildman–Crippen MR) is 62.1 cm³/mol. The van der Waals surface area contributed by atoms with Crippen molar-refractivity contribution in [2.45, 2.75) is 18.9 Å². The zero-order valence-electron chi connectivity index (χ0n) is 9.29. The summed E-state index contributed by atoms with van der Waals surface area (Å²) in [6.45, 7) is -0.0764. The molecule has 100 valence electrons. The minimum Gasteiger partial charge on any atom is -0.468 e. The van der Waals surface area contributed by atoms with Crippen molar-refractivity contribution in [3.05, 3.63) is 10.1 Å². The van der Waals surface area contributed by atoms with E-state index in [4.69, 9.17) is 16.9 Å². The van der Waals surface area contributed by atoms with Crippen LogP contribution in [-0.4, -0.2) is 41.7 Å². The molecule has 0 rings (SSSR count). The van der Waals surface area contributed by atoms with E-state index in [-0.39, 0.29) is 31.8 Å². The van der Waals surface area contributed by atoms with E-state index < -0.39 is 23.0 Å². The van der Waals surface area contributed by atoms with E-state index in [9.17, 15) is 14.9 Å². The zero-order chi connectivity index (χ0) is 12.7. The average molecular weight is 270 g/mol. The maximum absolute atomic E-state index is 10.9. The minimum atomic E-state index is -0.814. The summed E-state index contributed by atoms with van der Waals surface area (Å²) in [7, 11) is 1.21. The van der Waals surface area contributed by atoms with Crippen molar-refractivity contribution in [1.82, 2.24) is 5.01 Å². The number of rotatable bonds is 6. The number of esters is 1. The van der Waals surface area contributed by atoms with E-state index in [0.29, 0.717) is 5.01 Å². The molecule has 17 heavy (non-hydrogen) atoms. The maximum Gasteiger partial charge on any atom is 0.322 e. The fraction of sp³-hybridized carbons (Fsp3) is 0.714. The SMILES string of the molecule is COC(=O)C(N)CCCN(C(=N)N)[N+](=O)[O-].Cl. The number of guanidine groups is 1. The van der Waals surface area contributed by atoms with Crippen molar-refractivity contribution in [1.29, 1.82) is 5.41 Å². The number of methoxy groups -OCH3 is 1.